The molecule has 0 aromatic carbocycles. The van der Waals surface area contributed by atoms with E-state index in [1.807, 2.05) is 6.92 Å². The molecule has 6 nitrogen and oxygen atoms in total. The van der Waals surface area contributed by atoms with Gasteiger partial charge in [-0.05, 0) is 6.92 Å². The second-order valence-electron chi connectivity index (χ2n) is 4.12. The number of nitrogens with two attached hydrogens (primary N) is 1. The number of nitrogens with one attached hydrogen (secondary N) is 1. The first-order chi connectivity index (χ1) is 8.30. The molecule has 0 saturated carbocycles. The second kappa shape index (κ2) is 5.77. The fourth-order valence-electron chi connectivity index (χ4n) is 1.53. The third-order valence-corrected chi connectivity index (χ3v) is 5.17. The monoisotopic (exact) mass is 290 g/mol. The van der Waals surface area contributed by atoms with Crippen molar-refractivity contribution in [3.05, 3.63) is 11.9 Å². The molecule has 1 atom stereocenters. The maximum Gasteiger partial charge on any atom is 0.246 e. The summed E-state index contributed by atoms with van der Waals surface area (Å²) in [5, 5.41) is 6.36. The summed E-state index contributed by atoms with van der Waals surface area (Å²) in [5.74, 6) is -0.165. The molecule has 0 aliphatic carbocycles. The zero-order valence-electron chi connectivity index (χ0n) is 10.7. The third kappa shape index (κ3) is 3.06. The molecular weight excluding hydrogens is 272 g/mol. The summed E-state index contributed by atoms with van der Waals surface area (Å²) < 4.78 is 26.1. The Morgan fingerprint density at radius 3 is 2.67 bits per heavy atom. The van der Waals surface area contributed by atoms with E-state index in [9.17, 15) is 8.42 Å². The number of aromatic nitrogens is 2. The van der Waals surface area contributed by atoms with E-state index >= 15 is 0 Å². The standard InChI is InChI=1S/C10H18N4O2S2/c1-4-14(6-7(2)10(11)17)18(15,16)9-5-12-13-8(9)3/h5,7H,4,6H2,1-3H3,(H2,11,17)(H,12,13). The Hall–Kier alpha value is -0.990. The lowest BCUT2D eigenvalue weighted by Crippen LogP contribution is -2.38. The molecule has 0 spiro atoms. The van der Waals surface area contributed by atoms with Crippen molar-refractivity contribution >= 4 is 27.2 Å². The van der Waals surface area contributed by atoms with Gasteiger partial charge in [-0.2, -0.15) is 9.40 Å². The van der Waals surface area contributed by atoms with Gasteiger partial charge in [0.2, 0.25) is 10.0 Å². The minimum absolute atomic E-state index is 0.165. The van der Waals surface area contributed by atoms with Crippen LogP contribution in [0.2, 0.25) is 0 Å². The minimum Gasteiger partial charge on any atom is -0.393 e. The van der Waals surface area contributed by atoms with Gasteiger partial charge in [-0.1, -0.05) is 26.1 Å². The van der Waals surface area contributed by atoms with Gasteiger partial charge in [-0.25, -0.2) is 8.42 Å². The number of aromatic amines is 1. The molecule has 0 bridgehead atoms. The molecule has 0 fully saturated rings. The van der Waals surface area contributed by atoms with Crippen LogP contribution in [-0.4, -0.2) is 41.0 Å². The first-order valence-electron chi connectivity index (χ1n) is 5.60. The maximum atomic E-state index is 12.4. The average Bonchev–Trinajstić information content (AvgIpc) is 2.72. The molecule has 3 N–H and O–H groups in total. The minimum atomic E-state index is -3.54. The SMILES string of the molecule is CCN(CC(C)C(N)=S)S(=O)(=O)c1cn[nH]c1C. The molecule has 1 aromatic rings. The van der Waals surface area contributed by atoms with Crippen molar-refractivity contribution in [3.63, 3.8) is 0 Å². The lowest BCUT2D eigenvalue weighted by Gasteiger charge is -2.23. The van der Waals surface area contributed by atoms with Crippen LogP contribution in [0.4, 0.5) is 0 Å². The van der Waals surface area contributed by atoms with Gasteiger partial charge in [-0.15, -0.1) is 0 Å². The molecular formula is C10H18N4O2S2. The van der Waals surface area contributed by atoms with E-state index < -0.39 is 10.0 Å². The van der Waals surface area contributed by atoms with Crippen molar-refractivity contribution in [3.8, 4) is 0 Å². The number of thiocarbonyl (C=S) groups is 1. The number of hydrogen-bond donors (Lipinski definition) is 2. The number of nitrogens with zero attached hydrogens (tertiary/aromatic N) is 2. The highest BCUT2D eigenvalue weighted by atomic mass is 32.2. The van der Waals surface area contributed by atoms with Crippen molar-refractivity contribution in [2.75, 3.05) is 13.1 Å². The molecule has 1 rings (SSSR count). The van der Waals surface area contributed by atoms with Crippen LogP contribution in [0, 0.1) is 12.8 Å². The van der Waals surface area contributed by atoms with Crippen molar-refractivity contribution in [2.45, 2.75) is 25.7 Å². The van der Waals surface area contributed by atoms with E-state index in [2.05, 4.69) is 10.2 Å². The molecule has 102 valence electrons. The molecule has 1 unspecified atom stereocenters. The Morgan fingerprint density at radius 2 is 2.28 bits per heavy atom. The number of H-pyrrole nitrogens is 1. The van der Waals surface area contributed by atoms with Gasteiger partial charge in [0.1, 0.15) is 4.90 Å². The molecule has 8 heteroatoms. The summed E-state index contributed by atoms with van der Waals surface area (Å²) in [4.78, 5) is 0.507. The van der Waals surface area contributed by atoms with Gasteiger partial charge < -0.3 is 5.73 Å². The predicted octanol–water partition coefficient (Wildman–Crippen LogP) is 0.651. The van der Waals surface area contributed by atoms with E-state index in [-0.39, 0.29) is 17.4 Å². The van der Waals surface area contributed by atoms with Crippen LogP contribution >= 0.6 is 12.2 Å². The zero-order valence-corrected chi connectivity index (χ0v) is 12.3. The van der Waals surface area contributed by atoms with Gasteiger partial charge in [0.25, 0.3) is 0 Å². The predicted molar refractivity (Wildman–Crippen MR) is 73.7 cm³/mol. The summed E-state index contributed by atoms with van der Waals surface area (Å²) >= 11 is 4.87. The van der Waals surface area contributed by atoms with E-state index in [0.29, 0.717) is 17.2 Å². The number of hydrogen-bond acceptors (Lipinski definition) is 4. The van der Waals surface area contributed by atoms with Gasteiger partial charge in [0, 0.05) is 19.0 Å². The molecule has 1 aromatic heterocycles. The van der Waals surface area contributed by atoms with Crippen LogP contribution in [0.25, 0.3) is 0 Å². The van der Waals surface area contributed by atoms with Crippen molar-refractivity contribution in [1.29, 1.82) is 0 Å². The van der Waals surface area contributed by atoms with Gasteiger partial charge in [-0.3, -0.25) is 5.10 Å². The van der Waals surface area contributed by atoms with E-state index in [1.54, 1.807) is 13.8 Å². The van der Waals surface area contributed by atoms with Crippen LogP contribution in [0.15, 0.2) is 11.1 Å². The Labute approximate surface area is 113 Å². The summed E-state index contributed by atoms with van der Waals surface area (Å²) in [6.07, 6.45) is 1.32. The molecule has 0 aliphatic heterocycles. The Bertz CT molecular complexity index is 524. The lowest BCUT2D eigenvalue weighted by atomic mass is 10.2. The summed E-state index contributed by atoms with van der Waals surface area (Å²) in [7, 11) is -3.54. The van der Waals surface area contributed by atoms with Crippen molar-refractivity contribution < 1.29 is 8.42 Å². The number of rotatable bonds is 6. The van der Waals surface area contributed by atoms with Gasteiger partial charge in [0.05, 0.1) is 16.9 Å². The highest BCUT2D eigenvalue weighted by Gasteiger charge is 2.27. The number of aryl methyl sites for hydroxylation is 1. The molecule has 0 aliphatic rings. The Kier molecular flexibility index (Phi) is 4.83. The fraction of sp³-hybridized carbons (Fsp3) is 0.600. The van der Waals surface area contributed by atoms with Crippen molar-refractivity contribution in [1.82, 2.24) is 14.5 Å². The topological polar surface area (TPSA) is 92.1 Å². The summed E-state index contributed by atoms with van der Waals surface area (Å²) in [5.41, 5.74) is 6.05. The maximum absolute atomic E-state index is 12.4. The van der Waals surface area contributed by atoms with E-state index in [0.717, 1.165) is 0 Å². The fourth-order valence-corrected chi connectivity index (χ4v) is 3.26. The van der Waals surface area contributed by atoms with Crippen LogP contribution in [0.1, 0.15) is 19.5 Å². The quantitative estimate of drug-likeness (QED) is 0.751. The zero-order chi connectivity index (χ0) is 13.9. The van der Waals surface area contributed by atoms with E-state index in [1.165, 1.54) is 10.5 Å². The molecule has 18 heavy (non-hydrogen) atoms. The van der Waals surface area contributed by atoms with Crippen LogP contribution in [0.3, 0.4) is 0 Å². The molecule has 0 radical (unpaired) electrons. The van der Waals surface area contributed by atoms with Crippen molar-refractivity contribution in [2.24, 2.45) is 11.7 Å². The van der Waals surface area contributed by atoms with Gasteiger partial charge >= 0.3 is 0 Å². The normalized spacial score (nSPS) is 13.8. The summed E-state index contributed by atoms with van der Waals surface area (Å²) in [6.45, 7) is 5.89. The van der Waals surface area contributed by atoms with Crippen LogP contribution in [-0.2, 0) is 10.0 Å². The smallest absolute Gasteiger partial charge is 0.246 e. The lowest BCUT2D eigenvalue weighted by molar-refractivity contribution is 0.405. The van der Waals surface area contributed by atoms with Crippen LogP contribution < -0.4 is 5.73 Å². The Morgan fingerprint density at radius 1 is 1.67 bits per heavy atom. The third-order valence-electron chi connectivity index (χ3n) is 2.72. The summed E-state index contributed by atoms with van der Waals surface area (Å²) in [6, 6.07) is 0. The van der Waals surface area contributed by atoms with E-state index in [4.69, 9.17) is 18.0 Å². The highest BCUT2D eigenvalue weighted by Crippen LogP contribution is 2.18. The molecule has 0 amide bonds. The largest absolute Gasteiger partial charge is 0.393 e. The first-order valence-corrected chi connectivity index (χ1v) is 7.45. The van der Waals surface area contributed by atoms with Crippen LogP contribution in [0.5, 0.6) is 0 Å². The number of sulfonamides is 1. The second-order valence-corrected chi connectivity index (χ2v) is 6.50. The first kappa shape index (κ1) is 15.1. The average molecular weight is 290 g/mol. The molecule has 0 saturated heterocycles. The Balaban J connectivity index is 3.02. The molecule has 1 heterocycles. The van der Waals surface area contributed by atoms with Gasteiger partial charge in [0.15, 0.2) is 0 Å². The highest BCUT2D eigenvalue weighted by molar-refractivity contribution is 7.89.